The number of urea groups is 1. The Kier molecular flexibility index (Phi) is 7.35. The molecule has 0 radical (unpaired) electrons. The van der Waals surface area contributed by atoms with E-state index in [0.29, 0.717) is 0 Å². The van der Waals surface area contributed by atoms with Gasteiger partial charge in [-0.25, -0.2) is 4.79 Å². The number of hydrogen-bond donors (Lipinski definition) is 1. The SMILES string of the molecule is CCCCCN1CCN(C(=O)Nc2ccc(N3CCN(C)CC3)cc2)CC1. The van der Waals surface area contributed by atoms with Crippen molar-refractivity contribution < 1.29 is 4.79 Å². The zero-order valence-electron chi connectivity index (χ0n) is 17.0. The minimum atomic E-state index is 0.0237. The van der Waals surface area contributed by atoms with Crippen LogP contribution >= 0.6 is 0 Å². The van der Waals surface area contributed by atoms with Crippen LogP contribution in [0.25, 0.3) is 0 Å². The van der Waals surface area contributed by atoms with Gasteiger partial charge < -0.3 is 20.0 Å². The van der Waals surface area contributed by atoms with Gasteiger partial charge in [-0.05, 0) is 44.3 Å². The van der Waals surface area contributed by atoms with Crippen molar-refractivity contribution in [3.63, 3.8) is 0 Å². The van der Waals surface area contributed by atoms with Crippen molar-refractivity contribution in [3.8, 4) is 0 Å². The van der Waals surface area contributed by atoms with Gasteiger partial charge in [0.2, 0.25) is 0 Å². The molecule has 0 aliphatic carbocycles. The molecule has 1 aromatic carbocycles. The smallest absolute Gasteiger partial charge is 0.321 e. The fraction of sp³-hybridized carbons (Fsp3) is 0.667. The molecule has 0 saturated carbocycles. The van der Waals surface area contributed by atoms with Crippen LogP contribution < -0.4 is 10.2 Å². The predicted octanol–water partition coefficient (Wildman–Crippen LogP) is 2.78. The van der Waals surface area contributed by atoms with Gasteiger partial charge in [-0.2, -0.15) is 0 Å². The van der Waals surface area contributed by atoms with Gasteiger partial charge in [-0.1, -0.05) is 19.8 Å². The Bertz CT molecular complexity index is 575. The molecular formula is C21H35N5O. The zero-order valence-corrected chi connectivity index (χ0v) is 17.0. The standard InChI is InChI=1S/C21H35N5O/c1-3-4-5-10-24-13-17-26(18-14-24)21(27)22-19-6-8-20(9-7-19)25-15-11-23(2)12-16-25/h6-9H,3-5,10-18H2,1-2H3,(H,22,27). The monoisotopic (exact) mass is 373 g/mol. The summed E-state index contributed by atoms with van der Waals surface area (Å²) in [6.07, 6.45) is 3.82. The third-order valence-corrected chi connectivity index (χ3v) is 5.72. The third kappa shape index (κ3) is 5.84. The highest BCUT2D eigenvalue weighted by Gasteiger charge is 2.21. The molecule has 2 aliphatic rings. The molecule has 2 aliphatic heterocycles. The molecule has 0 bridgehead atoms. The molecule has 6 heteroatoms. The van der Waals surface area contributed by atoms with Crippen LogP contribution in [0.1, 0.15) is 26.2 Å². The first kappa shape index (κ1) is 20.0. The molecule has 0 atom stereocenters. The van der Waals surface area contributed by atoms with E-state index in [4.69, 9.17) is 0 Å². The highest BCUT2D eigenvalue weighted by atomic mass is 16.2. The molecule has 0 unspecified atom stereocenters. The van der Waals surface area contributed by atoms with Crippen LogP contribution in [0.15, 0.2) is 24.3 Å². The van der Waals surface area contributed by atoms with Gasteiger partial charge in [-0.3, -0.25) is 4.90 Å². The van der Waals surface area contributed by atoms with Crippen LogP contribution in [-0.2, 0) is 0 Å². The van der Waals surface area contributed by atoms with E-state index in [2.05, 4.69) is 46.1 Å². The number of piperazine rings is 2. The number of hydrogen-bond acceptors (Lipinski definition) is 4. The van der Waals surface area contributed by atoms with Gasteiger partial charge in [0.15, 0.2) is 0 Å². The zero-order chi connectivity index (χ0) is 19.1. The molecule has 2 fully saturated rings. The van der Waals surface area contributed by atoms with Crippen LogP contribution in [0.4, 0.5) is 16.2 Å². The third-order valence-electron chi connectivity index (χ3n) is 5.72. The Morgan fingerprint density at radius 2 is 1.59 bits per heavy atom. The summed E-state index contributed by atoms with van der Waals surface area (Å²) in [5.74, 6) is 0. The molecule has 0 spiro atoms. The fourth-order valence-electron chi connectivity index (χ4n) is 3.78. The topological polar surface area (TPSA) is 42.1 Å². The fourth-order valence-corrected chi connectivity index (χ4v) is 3.78. The number of rotatable bonds is 6. The highest BCUT2D eigenvalue weighted by molar-refractivity contribution is 5.89. The van der Waals surface area contributed by atoms with Crippen LogP contribution in [0.2, 0.25) is 0 Å². The lowest BCUT2D eigenvalue weighted by Gasteiger charge is -2.35. The second-order valence-corrected chi connectivity index (χ2v) is 7.80. The van der Waals surface area contributed by atoms with E-state index in [1.54, 1.807) is 0 Å². The molecule has 2 saturated heterocycles. The molecular weight excluding hydrogens is 338 g/mol. The van der Waals surface area contributed by atoms with E-state index in [-0.39, 0.29) is 6.03 Å². The van der Waals surface area contributed by atoms with E-state index < -0.39 is 0 Å². The van der Waals surface area contributed by atoms with E-state index in [9.17, 15) is 4.79 Å². The van der Waals surface area contributed by atoms with Crippen molar-refractivity contribution in [1.82, 2.24) is 14.7 Å². The van der Waals surface area contributed by atoms with Crippen LogP contribution in [0.5, 0.6) is 0 Å². The number of amides is 2. The van der Waals surface area contributed by atoms with Gasteiger partial charge in [0.05, 0.1) is 0 Å². The first-order valence-electron chi connectivity index (χ1n) is 10.5. The van der Waals surface area contributed by atoms with E-state index in [0.717, 1.165) is 64.6 Å². The lowest BCUT2D eigenvalue weighted by Crippen LogP contribution is -2.50. The highest BCUT2D eigenvalue weighted by Crippen LogP contribution is 2.19. The lowest BCUT2D eigenvalue weighted by molar-refractivity contribution is 0.146. The number of unbranched alkanes of at least 4 members (excludes halogenated alkanes) is 2. The average Bonchev–Trinajstić information content (AvgIpc) is 2.70. The number of anilines is 2. The quantitative estimate of drug-likeness (QED) is 0.779. The normalized spacial score (nSPS) is 19.3. The summed E-state index contributed by atoms with van der Waals surface area (Å²) in [5, 5.41) is 3.06. The van der Waals surface area contributed by atoms with Crippen molar-refractivity contribution in [3.05, 3.63) is 24.3 Å². The van der Waals surface area contributed by atoms with Gasteiger partial charge >= 0.3 is 6.03 Å². The number of carbonyl (C=O) groups is 1. The van der Waals surface area contributed by atoms with E-state index in [1.165, 1.54) is 24.9 Å². The van der Waals surface area contributed by atoms with Crippen LogP contribution in [0.3, 0.4) is 0 Å². The van der Waals surface area contributed by atoms with Gasteiger partial charge in [0.25, 0.3) is 0 Å². The molecule has 0 aromatic heterocycles. The Balaban J connectivity index is 1.43. The van der Waals surface area contributed by atoms with Gasteiger partial charge in [0.1, 0.15) is 0 Å². The molecule has 3 rings (SSSR count). The summed E-state index contributed by atoms with van der Waals surface area (Å²) >= 11 is 0. The summed E-state index contributed by atoms with van der Waals surface area (Å²) < 4.78 is 0. The molecule has 27 heavy (non-hydrogen) atoms. The number of likely N-dealkylation sites (N-methyl/N-ethyl adjacent to an activating group) is 1. The van der Waals surface area contributed by atoms with Crippen molar-refractivity contribution in [2.45, 2.75) is 26.2 Å². The number of benzene rings is 1. The lowest BCUT2D eigenvalue weighted by atomic mass is 10.2. The molecule has 2 amide bonds. The van der Waals surface area contributed by atoms with E-state index in [1.807, 2.05) is 17.0 Å². The van der Waals surface area contributed by atoms with Crippen LogP contribution in [0, 0.1) is 0 Å². The number of carbonyl (C=O) groups excluding carboxylic acids is 1. The molecule has 2 heterocycles. The van der Waals surface area contributed by atoms with Crippen molar-refractivity contribution >= 4 is 17.4 Å². The Labute approximate surface area is 164 Å². The Morgan fingerprint density at radius 1 is 0.926 bits per heavy atom. The summed E-state index contributed by atoms with van der Waals surface area (Å²) in [7, 11) is 2.17. The maximum atomic E-state index is 12.5. The Hall–Kier alpha value is -1.79. The minimum absolute atomic E-state index is 0.0237. The van der Waals surface area contributed by atoms with E-state index >= 15 is 0 Å². The summed E-state index contributed by atoms with van der Waals surface area (Å²) in [5.41, 5.74) is 2.12. The molecule has 6 nitrogen and oxygen atoms in total. The second-order valence-electron chi connectivity index (χ2n) is 7.80. The van der Waals surface area contributed by atoms with Gasteiger partial charge in [0, 0.05) is 63.7 Å². The number of nitrogens with one attached hydrogen (secondary N) is 1. The van der Waals surface area contributed by atoms with Crippen LogP contribution in [-0.4, -0.2) is 86.7 Å². The molecule has 1 N–H and O–H groups in total. The Morgan fingerprint density at radius 3 is 2.22 bits per heavy atom. The van der Waals surface area contributed by atoms with Crippen molar-refractivity contribution in [1.29, 1.82) is 0 Å². The number of nitrogens with zero attached hydrogens (tertiary/aromatic N) is 4. The van der Waals surface area contributed by atoms with Crippen molar-refractivity contribution in [2.75, 3.05) is 76.2 Å². The summed E-state index contributed by atoms with van der Waals surface area (Å²) in [6.45, 7) is 11.3. The molecule has 150 valence electrons. The maximum Gasteiger partial charge on any atom is 0.321 e. The molecule has 1 aromatic rings. The summed E-state index contributed by atoms with van der Waals surface area (Å²) in [6, 6.07) is 8.30. The summed E-state index contributed by atoms with van der Waals surface area (Å²) in [4.78, 5) is 21.7. The minimum Gasteiger partial charge on any atom is -0.369 e. The largest absolute Gasteiger partial charge is 0.369 e. The maximum absolute atomic E-state index is 12.5. The van der Waals surface area contributed by atoms with Gasteiger partial charge in [-0.15, -0.1) is 0 Å². The first-order valence-corrected chi connectivity index (χ1v) is 10.5. The average molecular weight is 374 g/mol. The predicted molar refractivity (Wildman–Crippen MR) is 113 cm³/mol. The second kappa shape index (κ2) is 9.95. The van der Waals surface area contributed by atoms with Crippen molar-refractivity contribution in [2.24, 2.45) is 0 Å². The first-order chi connectivity index (χ1) is 13.2.